The highest BCUT2D eigenvalue weighted by molar-refractivity contribution is 6.33. The number of aryl methyl sites for hydroxylation is 1. The number of amides is 1. The number of aromatic nitrogens is 2. The maximum absolute atomic E-state index is 12.4. The Bertz CT molecular complexity index is 677. The van der Waals surface area contributed by atoms with E-state index in [0.717, 1.165) is 38.3 Å². The zero-order chi connectivity index (χ0) is 16.2. The summed E-state index contributed by atoms with van der Waals surface area (Å²) in [6, 6.07) is 7.34. The number of likely N-dealkylation sites (tertiary alicyclic amines) is 1. The van der Waals surface area contributed by atoms with Gasteiger partial charge in [0.25, 0.3) is 0 Å². The fraction of sp³-hybridized carbons (Fsp3) is 0.412. The molecule has 1 N–H and O–H groups in total. The number of anilines is 1. The number of hydrogen-bond acceptors (Lipinski definition) is 3. The van der Waals surface area contributed by atoms with Gasteiger partial charge in [-0.3, -0.25) is 9.69 Å². The van der Waals surface area contributed by atoms with E-state index in [4.69, 9.17) is 11.6 Å². The predicted octanol–water partition coefficient (Wildman–Crippen LogP) is 2.92. The van der Waals surface area contributed by atoms with Crippen molar-refractivity contribution in [3.8, 4) is 0 Å². The molecule has 1 aliphatic heterocycles. The van der Waals surface area contributed by atoms with Crippen LogP contribution in [0.5, 0.6) is 0 Å². The maximum atomic E-state index is 12.4. The molecule has 0 aliphatic carbocycles. The largest absolute Gasteiger partial charge is 0.337 e. The quantitative estimate of drug-likeness (QED) is 0.936. The van der Waals surface area contributed by atoms with E-state index >= 15 is 0 Å². The fourth-order valence-electron chi connectivity index (χ4n) is 2.90. The second-order valence-electron chi connectivity index (χ2n) is 5.97. The van der Waals surface area contributed by atoms with Crippen molar-refractivity contribution in [2.45, 2.75) is 19.4 Å². The van der Waals surface area contributed by atoms with E-state index in [2.05, 4.69) is 15.2 Å². The molecule has 0 atom stereocenters. The zero-order valence-electron chi connectivity index (χ0n) is 13.2. The number of halogens is 1. The van der Waals surface area contributed by atoms with Gasteiger partial charge in [-0.15, -0.1) is 0 Å². The van der Waals surface area contributed by atoms with Crippen LogP contribution in [0.4, 0.5) is 5.69 Å². The Labute approximate surface area is 141 Å². The number of piperidine rings is 1. The third kappa shape index (κ3) is 3.92. The van der Waals surface area contributed by atoms with Gasteiger partial charge < -0.3 is 9.88 Å². The first-order valence-electron chi connectivity index (χ1n) is 7.87. The minimum atomic E-state index is 0.0453. The number of carbonyl (C=O) groups is 1. The van der Waals surface area contributed by atoms with Gasteiger partial charge in [0.2, 0.25) is 5.91 Å². The lowest BCUT2D eigenvalue weighted by molar-refractivity contribution is -0.121. The van der Waals surface area contributed by atoms with Gasteiger partial charge >= 0.3 is 0 Å². The van der Waals surface area contributed by atoms with Crippen LogP contribution in [0.25, 0.3) is 0 Å². The molecule has 0 saturated carbocycles. The van der Waals surface area contributed by atoms with E-state index in [9.17, 15) is 4.79 Å². The molecule has 0 radical (unpaired) electrons. The summed E-state index contributed by atoms with van der Waals surface area (Å²) in [4.78, 5) is 19.1. The predicted molar refractivity (Wildman–Crippen MR) is 91.3 cm³/mol. The highest BCUT2D eigenvalue weighted by Crippen LogP contribution is 2.24. The van der Waals surface area contributed by atoms with Gasteiger partial charge in [0.15, 0.2) is 0 Å². The van der Waals surface area contributed by atoms with Crippen LogP contribution < -0.4 is 5.32 Å². The van der Waals surface area contributed by atoms with Crippen molar-refractivity contribution in [1.29, 1.82) is 0 Å². The lowest BCUT2D eigenvalue weighted by atomic mass is 9.96. The Morgan fingerprint density at radius 3 is 2.74 bits per heavy atom. The summed E-state index contributed by atoms with van der Waals surface area (Å²) in [6.45, 7) is 2.66. The van der Waals surface area contributed by atoms with E-state index in [-0.39, 0.29) is 11.8 Å². The van der Waals surface area contributed by atoms with E-state index in [1.807, 2.05) is 42.2 Å². The molecule has 6 heteroatoms. The van der Waals surface area contributed by atoms with Crippen LogP contribution >= 0.6 is 11.6 Å². The number of nitrogens with one attached hydrogen (secondary N) is 1. The van der Waals surface area contributed by atoms with Crippen LogP contribution in [0, 0.1) is 5.92 Å². The van der Waals surface area contributed by atoms with Crippen molar-refractivity contribution in [3.05, 3.63) is 47.5 Å². The van der Waals surface area contributed by atoms with E-state index in [1.54, 1.807) is 6.07 Å². The third-order valence-electron chi connectivity index (χ3n) is 4.38. The number of nitrogens with zero attached hydrogens (tertiary/aromatic N) is 3. The Hall–Kier alpha value is -1.85. The van der Waals surface area contributed by atoms with Crippen molar-refractivity contribution in [3.63, 3.8) is 0 Å². The van der Waals surface area contributed by atoms with Gasteiger partial charge in [-0.05, 0) is 38.1 Å². The average molecular weight is 333 g/mol. The molecule has 1 aliphatic rings. The van der Waals surface area contributed by atoms with Gasteiger partial charge in [0.05, 0.1) is 17.3 Å². The molecule has 0 unspecified atom stereocenters. The zero-order valence-corrected chi connectivity index (χ0v) is 14.0. The lowest BCUT2D eigenvalue weighted by Gasteiger charge is -2.31. The van der Waals surface area contributed by atoms with Gasteiger partial charge in [-0.25, -0.2) is 4.98 Å². The molecular weight excluding hydrogens is 312 g/mol. The molecule has 1 aromatic carbocycles. The average Bonchev–Trinajstić information content (AvgIpc) is 2.95. The van der Waals surface area contributed by atoms with Gasteiger partial charge in [0.1, 0.15) is 5.82 Å². The van der Waals surface area contributed by atoms with Crippen LogP contribution in [-0.4, -0.2) is 33.4 Å². The third-order valence-corrected chi connectivity index (χ3v) is 4.71. The summed E-state index contributed by atoms with van der Waals surface area (Å²) >= 11 is 6.09. The Morgan fingerprint density at radius 1 is 1.35 bits per heavy atom. The maximum Gasteiger partial charge on any atom is 0.227 e. The van der Waals surface area contributed by atoms with Crippen LogP contribution in [0.1, 0.15) is 18.7 Å². The first kappa shape index (κ1) is 16.0. The molecule has 3 rings (SSSR count). The summed E-state index contributed by atoms with van der Waals surface area (Å²) in [6.07, 6.45) is 5.50. The standard InChI is InChI=1S/C17H21ClN4O/c1-21-11-8-19-16(21)12-22-9-6-13(7-10-22)17(23)20-15-5-3-2-4-14(15)18/h2-5,8,11,13H,6-7,9-10,12H2,1H3,(H,20,23). The number of para-hydroxylation sites is 1. The first-order valence-corrected chi connectivity index (χ1v) is 8.25. The van der Waals surface area contributed by atoms with E-state index < -0.39 is 0 Å². The molecule has 1 saturated heterocycles. The number of carbonyl (C=O) groups excluding carboxylic acids is 1. The first-order chi connectivity index (χ1) is 11.1. The van der Waals surface area contributed by atoms with Crippen LogP contribution in [0.3, 0.4) is 0 Å². The molecule has 1 amide bonds. The van der Waals surface area contributed by atoms with Crippen LogP contribution in [-0.2, 0) is 18.4 Å². The number of benzene rings is 1. The molecule has 122 valence electrons. The van der Waals surface area contributed by atoms with Gasteiger partial charge in [-0.2, -0.15) is 0 Å². The second kappa shape index (κ2) is 7.15. The Kier molecular flexibility index (Phi) is 4.98. The highest BCUT2D eigenvalue weighted by atomic mass is 35.5. The topological polar surface area (TPSA) is 50.2 Å². The van der Waals surface area contributed by atoms with Crippen LogP contribution in [0.2, 0.25) is 5.02 Å². The van der Waals surface area contributed by atoms with Crippen molar-refractivity contribution >= 4 is 23.2 Å². The summed E-state index contributed by atoms with van der Waals surface area (Å²) < 4.78 is 2.04. The van der Waals surface area contributed by atoms with Crippen molar-refractivity contribution in [2.24, 2.45) is 13.0 Å². The molecule has 2 heterocycles. The lowest BCUT2D eigenvalue weighted by Crippen LogP contribution is -2.38. The van der Waals surface area contributed by atoms with Crippen molar-refractivity contribution in [1.82, 2.24) is 14.5 Å². The minimum absolute atomic E-state index is 0.0453. The van der Waals surface area contributed by atoms with Gasteiger partial charge in [0, 0.05) is 25.4 Å². The molecule has 1 aromatic heterocycles. The molecule has 0 bridgehead atoms. The molecule has 23 heavy (non-hydrogen) atoms. The number of imidazole rings is 1. The monoisotopic (exact) mass is 332 g/mol. The summed E-state index contributed by atoms with van der Waals surface area (Å²) in [5, 5.41) is 3.52. The van der Waals surface area contributed by atoms with Gasteiger partial charge in [-0.1, -0.05) is 23.7 Å². The smallest absolute Gasteiger partial charge is 0.227 e. The SMILES string of the molecule is Cn1ccnc1CN1CCC(C(=O)Nc2ccccc2Cl)CC1. The minimum Gasteiger partial charge on any atom is -0.337 e. The molecule has 5 nitrogen and oxygen atoms in total. The van der Waals surface area contributed by atoms with Crippen molar-refractivity contribution in [2.75, 3.05) is 18.4 Å². The molecular formula is C17H21ClN4O. The molecule has 1 fully saturated rings. The molecule has 0 spiro atoms. The highest BCUT2D eigenvalue weighted by Gasteiger charge is 2.25. The van der Waals surface area contributed by atoms with E-state index in [0.29, 0.717) is 10.7 Å². The normalized spacial score (nSPS) is 16.4. The van der Waals surface area contributed by atoms with Crippen molar-refractivity contribution < 1.29 is 4.79 Å². The fourth-order valence-corrected chi connectivity index (χ4v) is 3.08. The number of rotatable bonds is 4. The summed E-state index contributed by atoms with van der Waals surface area (Å²) in [5.74, 6) is 1.17. The molecule has 2 aromatic rings. The Morgan fingerprint density at radius 2 is 2.09 bits per heavy atom. The Balaban J connectivity index is 1.51. The second-order valence-corrected chi connectivity index (χ2v) is 6.38. The summed E-state index contributed by atoms with van der Waals surface area (Å²) in [7, 11) is 2.01. The summed E-state index contributed by atoms with van der Waals surface area (Å²) in [5.41, 5.74) is 0.689. The van der Waals surface area contributed by atoms with E-state index in [1.165, 1.54) is 0 Å². The number of hydrogen-bond donors (Lipinski definition) is 1. The van der Waals surface area contributed by atoms with Crippen LogP contribution in [0.15, 0.2) is 36.7 Å².